The Hall–Kier alpha value is -2.65. The molecule has 0 amide bonds. The number of nitrogens with one attached hydrogen (secondary N) is 2. The van der Waals surface area contributed by atoms with Gasteiger partial charge in [-0.25, -0.2) is 0 Å². The number of nitrogens with zero attached hydrogens (tertiary/aromatic N) is 2. The van der Waals surface area contributed by atoms with Crippen molar-refractivity contribution in [3.8, 4) is 6.07 Å². The van der Waals surface area contributed by atoms with E-state index in [-0.39, 0.29) is 5.92 Å². The van der Waals surface area contributed by atoms with Crippen molar-refractivity contribution < 1.29 is 4.74 Å². The molecule has 3 heterocycles. The van der Waals surface area contributed by atoms with Crippen LogP contribution in [-0.2, 0) is 11.3 Å². The van der Waals surface area contributed by atoms with Crippen molar-refractivity contribution in [2.75, 3.05) is 32.8 Å². The highest BCUT2D eigenvalue weighted by Gasteiger charge is 2.23. The fraction of sp³-hybridized carbons (Fsp3) is 0.500. The number of rotatable bonds is 8. The number of hydrogen-bond donors (Lipinski definition) is 2. The number of aromatic nitrogens is 1. The van der Waals surface area contributed by atoms with E-state index in [1.807, 2.05) is 6.07 Å². The van der Waals surface area contributed by atoms with Crippen molar-refractivity contribution in [2.45, 2.75) is 57.5 Å². The molecule has 1 atom stereocenters. The van der Waals surface area contributed by atoms with E-state index in [1.165, 1.54) is 40.4 Å². The monoisotopic (exact) mass is 470 g/mol. The van der Waals surface area contributed by atoms with Crippen molar-refractivity contribution >= 4 is 10.9 Å². The van der Waals surface area contributed by atoms with Gasteiger partial charge in [0.1, 0.15) is 0 Å². The summed E-state index contributed by atoms with van der Waals surface area (Å²) in [5.74, 6) is 0.929. The quantitative estimate of drug-likeness (QED) is 0.480. The highest BCUT2D eigenvalue weighted by Crippen LogP contribution is 2.36. The number of fused-ring (bicyclic) bond motifs is 1. The van der Waals surface area contributed by atoms with Gasteiger partial charge >= 0.3 is 0 Å². The molecule has 184 valence electrons. The lowest BCUT2D eigenvalue weighted by Crippen LogP contribution is -2.40. The van der Waals surface area contributed by atoms with E-state index in [1.54, 1.807) is 0 Å². The van der Waals surface area contributed by atoms with E-state index >= 15 is 0 Å². The Kier molecular flexibility index (Phi) is 7.83. The van der Waals surface area contributed by atoms with Gasteiger partial charge in [0.05, 0.1) is 11.6 Å². The molecule has 5 heteroatoms. The van der Waals surface area contributed by atoms with E-state index in [9.17, 15) is 5.26 Å². The Labute approximate surface area is 209 Å². The molecule has 0 aliphatic carbocycles. The maximum absolute atomic E-state index is 9.65. The number of ether oxygens (including phenoxy) is 1. The van der Waals surface area contributed by atoms with Crippen LogP contribution in [0.2, 0.25) is 0 Å². The molecule has 2 aromatic carbocycles. The lowest BCUT2D eigenvalue weighted by Gasteiger charge is -2.25. The van der Waals surface area contributed by atoms with Crippen molar-refractivity contribution in [3.05, 3.63) is 70.9 Å². The second-order valence-electron chi connectivity index (χ2n) is 10.4. The highest BCUT2D eigenvalue weighted by molar-refractivity contribution is 5.86. The van der Waals surface area contributed by atoms with Crippen molar-refractivity contribution in [1.82, 2.24) is 15.2 Å². The van der Waals surface area contributed by atoms with Crippen LogP contribution < -0.4 is 10.6 Å². The first kappa shape index (κ1) is 24.1. The molecule has 35 heavy (non-hydrogen) atoms. The fourth-order valence-electron chi connectivity index (χ4n) is 5.88. The zero-order valence-electron chi connectivity index (χ0n) is 20.9. The third-order valence-electron chi connectivity index (χ3n) is 7.86. The minimum absolute atomic E-state index is 0.288. The summed E-state index contributed by atoms with van der Waals surface area (Å²) < 4.78 is 8.05. The summed E-state index contributed by atoms with van der Waals surface area (Å²) in [7, 11) is 0. The Morgan fingerprint density at radius 1 is 1.11 bits per heavy atom. The summed E-state index contributed by atoms with van der Waals surface area (Å²) in [5.41, 5.74) is 5.99. The van der Waals surface area contributed by atoms with Crippen molar-refractivity contribution in [2.24, 2.45) is 5.92 Å². The third kappa shape index (κ3) is 5.78. The first-order valence-electron chi connectivity index (χ1n) is 13.3. The third-order valence-corrected chi connectivity index (χ3v) is 7.86. The van der Waals surface area contributed by atoms with Crippen LogP contribution in [0.15, 0.2) is 48.7 Å². The summed E-state index contributed by atoms with van der Waals surface area (Å²) >= 11 is 0. The lowest BCUT2D eigenvalue weighted by atomic mass is 9.87. The van der Waals surface area contributed by atoms with Gasteiger partial charge in [-0.05, 0) is 93.9 Å². The maximum Gasteiger partial charge on any atom is 0.0991 e. The Morgan fingerprint density at radius 3 is 2.71 bits per heavy atom. The van der Waals surface area contributed by atoms with Crippen LogP contribution in [0, 0.1) is 24.2 Å². The van der Waals surface area contributed by atoms with E-state index in [0.717, 1.165) is 64.2 Å². The zero-order chi connectivity index (χ0) is 24.0. The molecular formula is C30H38N4O. The van der Waals surface area contributed by atoms with Gasteiger partial charge in [0, 0.05) is 48.8 Å². The number of aryl methyl sites for hydroxylation is 1. The normalized spacial score (nSPS) is 18.5. The molecule has 2 fully saturated rings. The number of benzene rings is 2. The van der Waals surface area contributed by atoms with Gasteiger partial charge < -0.3 is 19.9 Å². The minimum atomic E-state index is 0.288. The summed E-state index contributed by atoms with van der Waals surface area (Å²) in [6.45, 7) is 8.13. The van der Waals surface area contributed by atoms with Gasteiger partial charge in [-0.3, -0.25) is 0 Å². The number of piperidine rings is 1. The zero-order valence-corrected chi connectivity index (χ0v) is 20.9. The Morgan fingerprint density at radius 2 is 1.94 bits per heavy atom. The standard InChI is InChI=1S/C30H38N4O/c1-22-3-2-4-25(17-22)27(9-14-33-26-7-12-32-13-8-26)29-21-34(20-23-10-15-35-16-11-23)30-6-5-24(19-31)18-28(29)30/h2-6,17-18,21,23,26-27,32-33H,7-16,20H2,1H3. The molecule has 0 radical (unpaired) electrons. The second-order valence-corrected chi connectivity index (χ2v) is 10.4. The Bertz CT molecular complexity index is 1160. The average molecular weight is 471 g/mol. The van der Waals surface area contributed by atoms with E-state index in [4.69, 9.17) is 4.74 Å². The summed E-state index contributed by atoms with van der Waals surface area (Å²) in [6.07, 6.45) is 8.06. The molecule has 5 nitrogen and oxygen atoms in total. The molecule has 2 aliphatic rings. The molecule has 1 unspecified atom stereocenters. The topological polar surface area (TPSA) is 62.0 Å². The average Bonchev–Trinajstić information content (AvgIpc) is 3.24. The highest BCUT2D eigenvalue weighted by atomic mass is 16.5. The molecule has 0 bridgehead atoms. The largest absolute Gasteiger partial charge is 0.381 e. The summed E-state index contributed by atoms with van der Waals surface area (Å²) in [6, 6.07) is 18.2. The lowest BCUT2D eigenvalue weighted by molar-refractivity contribution is 0.0616. The van der Waals surface area contributed by atoms with Gasteiger partial charge in [-0.15, -0.1) is 0 Å². The van der Waals surface area contributed by atoms with E-state index < -0.39 is 0 Å². The fourth-order valence-corrected chi connectivity index (χ4v) is 5.88. The molecule has 3 aromatic rings. The number of hydrogen-bond acceptors (Lipinski definition) is 4. The molecular weight excluding hydrogens is 432 g/mol. The van der Waals surface area contributed by atoms with Crippen LogP contribution in [0.5, 0.6) is 0 Å². The van der Waals surface area contributed by atoms with Crippen molar-refractivity contribution in [3.63, 3.8) is 0 Å². The summed E-state index contributed by atoms with van der Waals surface area (Å²) in [5, 5.41) is 18.2. The van der Waals surface area contributed by atoms with Gasteiger partial charge in [-0.1, -0.05) is 29.8 Å². The minimum Gasteiger partial charge on any atom is -0.381 e. The first-order valence-corrected chi connectivity index (χ1v) is 13.3. The van der Waals surface area contributed by atoms with E-state index in [2.05, 4.69) is 70.8 Å². The molecule has 1 aromatic heterocycles. The molecule has 2 aliphatic heterocycles. The first-order chi connectivity index (χ1) is 17.2. The van der Waals surface area contributed by atoms with Crippen LogP contribution in [0.4, 0.5) is 0 Å². The SMILES string of the molecule is Cc1cccc(C(CCNC2CCNCC2)c2cn(CC3CCOCC3)c3ccc(C#N)cc23)c1. The predicted octanol–water partition coefficient (Wildman–Crippen LogP) is 5.11. The van der Waals surface area contributed by atoms with Crippen molar-refractivity contribution in [1.29, 1.82) is 5.26 Å². The van der Waals surface area contributed by atoms with E-state index in [0.29, 0.717) is 12.0 Å². The van der Waals surface area contributed by atoms with Crippen LogP contribution in [0.1, 0.15) is 60.3 Å². The predicted molar refractivity (Wildman–Crippen MR) is 142 cm³/mol. The smallest absolute Gasteiger partial charge is 0.0991 e. The molecule has 2 saturated heterocycles. The van der Waals surface area contributed by atoms with Gasteiger partial charge in [0.25, 0.3) is 0 Å². The van der Waals surface area contributed by atoms with Gasteiger partial charge in [0.2, 0.25) is 0 Å². The van der Waals surface area contributed by atoms with Crippen LogP contribution in [0.3, 0.4) is 0 Å². The molecule has 0 spiro atoms. The number of nitriles is 1. The van der Waals surface area contributed by atoms with Gasteiger partial charge in [-0.2, -0.15) is 5.26 Å². The maximum atomic E-state index is 9.65. The Balaban J connectivity index is 1.49. The molecule has 2 N–H and O–H groups in total. The summed E-state index contributed by atoms with van der Waals surface area (Å²) in [4.78, 5) is 0. The molecule has 5 rings (SSSR count). The molecule has 0 saturated carbocycles. The second kappa shape index (κ2) is 11.4. The van der Waals surface area contributed by atoms with Crippen LogP contribution in [-0.4, -0.2) is 43.5 Å². The van der Waals surface area contributed by atoms with Crippen LogP contribution in [0.25, 0.3) is 10.9 Å². The van der Waals surface area contributed by atoms with Crippen LogP contribution >= 0.6 is 0 Å². The van der Waals surface area contributed by atoms with Gasteiger partial charge in [0.15, 0.2) is 0 Å².